The number of imidazole rings is 1. The van der Waals surface area contributed by atoms with E-state index in [4.69, 9.17) is 19.5 Å². The van der Waals surface area contributed by atoms with E-state index in [0.29, 0.717) is 6.42 Å². The molecule has 5 unspecified atom stereocenters. The van der Waals surface area contributed by atoms with E-state index in [9.17, 15) is 63.0 Å². The second-order valence-corrected chi connectivity index (χ2v) is 23.3. The number of hydrogen-bond donors (Lipinski definition) is 10. The Bertz CT molecular complexity index is 2070. The number of nitrogen functional groups attached to an aromatic ring is 1. The molecule has 0 saturated carbocycles. The summed E-state index contributed by atoms with van der Waals surface area (Å²) >= 11 is 1.00. The molecule has 29 heteroatoms. The van der Waals surface area contributed by atoms with Crippen molar-refractivity contribution in [1.82, 2.24) is 30.2 Å². The minimum Gasteiger partial charge on any atom is -0.393 e. The van der Waals surface area contributed by atoms with Crippen LogP contribution in [0.3, 0.4) is 0 Å². The van der Waals surface area contributed by atoms with Gasteiger partial charge in [-0.1, -0.05) is 129 Å². The molecule has 0 spiro atoms. The molecule has 0 bridgehead atoms. The number of nitrogens with zero attached hydrogens (tertiary/aromatic N) is 4. The molecule has 0 aromatic carbocycles. The van der Waals surface area contributed by atoms with Gasteiger partial charge in [0.2, 0.25) is 11.8 Å². The lowest BCUT2D eigenvalue weighted by molar-refractivity contribution is -0.137. The predicted octanol–water partition coefficient (Wildman–Crippen LogP) is 4.68. The molecule has 3 heterocycles. The van der Waals surface area contributed by atoms with Gasteiger partial charge in [-0.25, -0.2) is 28.6 Å². The fraction of sp³-hybridized carbons (Fsp3) is 0.805. The molecule has 2 aromatic rings. The number of carbonyl (C=O) groups is 3. The molecule has 8 atom stereocenters. The van der Waals surface area contributed by atoms with Gasteiger partial charge in [0, 0.05) is 37.1 Å². The highest BCUT2D eigenvalue weighted by Gasteiger charge is 2.50. The third kappa shape index (κ3) is 23.2. The van der Waals surface area contributed by atoms with Crippen molar-refractivity contribution in [2.24, 2.45) is 5.41 Å². The Morgan fingerprint density at radius 1 is 0.857 bits per heavy atom. The average Bonchev–Trinajstić information content (AvgIpc) is 3.84. The summed E-state index contributed by atoms with van der Waals surface area (Å²) in [5.74, 6) is -1.21. The van der Waals surface area contributed by atoms with E-state index < -0.39 is 90.7 Å². The summed E-state index contributed by atoms with van der Waals surface area (Å²) in [5, 5.41) is 36.7. The van der Waals surface area contributed by atoms with Gasteiger partial charge in [0.05, 0.1) is 25.6 Å². The molecule has 402 valence electrons. The van der Waals surface area contributed by atoms with E-state index in [1.54, 1.807) is 0 Å². The van der Waals surface area contributed by atoms with Gasteiger partial charge in [-0.3, -0.25) is 32.5 Å². The Labute approximate surface area is 412 Å². The topological polar surface area (TPSA) is 384 Å². The normalized spacial score (nSPS) is 20.2. The molecule has 0 aliphatic carbocycles. The van der Waals surface area contributed by atoms with Crippen LogP contribution in [-0.4, -0.2) is 134 Å². The monoisotopic (exact) mass is 1080 g/mol. The van der Waals surface area contributed by atoms with Gasteiger partial charge in [0.25, 0.3) is 0 Å². The van der Waals surface area contributed by atoms with Crippen LogP contribution >= 0.6 is 35.2 Å². The van der Waals surface area contributed by atoms with Crippen molar-refractivity contribution in [3.05, 3.63) is 12.7 Å². The Balaban J connectivity index is 1.28. The number of phosphoric ester groups is 3. The maximum atomic E-state index is 12.8. The smallest absolute Gasteiger partial charge is 0.393 e. The van der Waals surface area contributed by atoms with Crippen LogP contribution in [0.2, 0.25) is 0 Å². The van der Waals surface area contributed by atoms with Crippen LogP contribution < -0.4 is 16.4 Å². The highest BCUT2D eigenvalue weighted by molar-refractivity contribution is 8.13. The molecule has 70 heavy (non-hydrogen) atoms. The van der Waals surface area contributed by atoms with Gasteiger partial charge in [-0.15, -0.1) is 0 Å². The van der Waals surface area contributed by atoms with E-state index >= 15 is 0 Å². The maximum Gasteiger partial charge on any atom is 0.481 e. The Morgan fingerprint density at radius 2 is 1.44 bits per heavy atom. The third-order valence-corrected chi connectivity index (χ3v) is 15.3. The second kappa shape index (κ2) is 30.7. The van der Waals surface area contributed by atoms with Gasteiger partial charge < -0.3 is 56.0 Å². The van der Waals surface area contributed by atoms with Crippen LogP contribution in [0.5, 0.6) is 0 Å². The van der Waals surface area contributed by atoms with E-state index in [0.717, 1.165) is 48.2 Å². The zero-order chi connectivity index (χ0) is 52.0. The molecule has 3 rings (SSSR count). The summed E-state index contributed by atoms with van der Waals surface area (Å²) in [4.78, 5) is 88.5. The number of aromatic nitrogens is 4. The number of aliphatic hydroxyl groups is 3. The number of nitrogens with two attached hydrogens (primary N) is 1. The molecule has 2 amide bonds. The lowest BCUT2D eigenvalue weighted by atomic mass is 9.87. The number of phosphoric acid groups is 3. The molecule has 1 aliphatic heterocycles. The first-order chi connectivity index (χ1) is 32.9. The summed E-state index contributed by atoms with van der Waals surface area (Å²) < 4.78 is 62.4. The Morgan fingerprint density at radius 3 is 2.04 bits per heavy atom. The van der Waals surface area contributed by atoms with E-state index in [-0.39, 0.29) is 53.8 Å². The van der Waals surface area contributed by atoms with Gasteiger partial charge in [0.15, 0.2) is 22.8 Å². The SMILES string of the molecule is CCCCCCCCCCCCCCCCCC(O)CC(=O)SCCNC(=O)CCNC(=O)[C@H](O)C(C)(C)COP(=O)(O)OP(=O)(O)OC[C@H]1O[C@@H](n2cnc3c(N)ncnc32)C(O)C1OP(=O)(O)O. The molecule has 1 aliphatic rings. The van der Waals surface area contributed by atoms with Gasteiger partial charge in [-0.2, -0.15) is 4.31 Å². The van der Waals surface area contributed by atoms with Crippen molar-refractivity contribution in [3.63, 3.8) is 0 Å². The van der Waals surface area contributed by atoms with Gasteiger partial charge >= 0.3 is 23.5 Å². The Hall–Kier alpha value is -2.48. The predicted molar refractivity (Wildman–Crippen MR) is 257 cm³/mol. The summed E-state index contributed by atoms with van der Waals surface area (Å²) in [6.07, 6.45) is 11.6. The number of carbonyl (C=O) groups excluding carboxylic acids is 3. The number of aliphatic hydroxyl groups excluding tert-OH is 3. The Kier molecular flexibility index (Phi) is 27.1. The molecular formula is C41H74N7O18P3S. The van der Waals surface area contributed by atoms with Crippen molar-refractivity contribution >= 4 is 69.1 Å². The van der Waals surface area contributed by atoms with Crippen molar-refractivity contribution in [3.8, 4) is 0 Å². The van der Waals surface area contributed by atoms with Crippen LogP contribution in [0, 0.1) is 5.41 Å². The number of ether oxygens (including phenoxy) is 1. The first kappa shape index (κ1) is 61.8. The standard InChI is InChI=1S/C41H74N7O18P3S/c1-4-5-6-7-8-9-10-11-12-13-14-15-16-17-18-19-29(49)24-32(51)70-23-22-43-31(50)20-21-44-39(54)36(53)41(2,3)26-63-69(60,61)66-68(58,59)62-25-30-35(65-67(55,56)57)34(52)40(64-30)48-28-47-33-37(42)45-27-46-38(33)48/h27-30,34-36,40,49,52-53H,4-26H2,1-3H3,(H,43,50)(H,44,54)(H,58,59)(H,60,61)(H2,42,45,46)(H2,55,56,57)/t29?,30-,34?,35?,36+,40-/m1/s1. The third-order valence-electron chi connectivity index (χ3n) is 11.3. The van der Waals surface area contributed by atoms with Crippen molar-refractivity contribution < 1.29 is 85.6 Å². The molecular weight excluding hydrogens is 1000 g/mol. The highest BCUT2D eigenvalue weighted by atomic mass is 32.2. The van der Waals surface area contributed by atoms with Crippen molar-refractivity contribution in [2.45, 2.75) is 173 Å². The van der Waals surface area contributed by atoms with E-state index in [2.05, 4.69) is 41.3 Å². The van der Waals surface area contributed by atoms with Crippen LogP contribution in [-0.2, 0) is 50.7 Å². The van der Waals surface area contributed by atoms with E-state index in [1.807, 2.05) is 0 Å². The summed E-state index contributed by atoms with van der Waals surface area (Å²) in [7, 11) is -16.4. The fourth-order valence-corrected chi connectivity index (χ4v) is 11.0. The molecule has 11 N–H and O–H groups in total. The van der Waals surface area contributed by atoms with Crippen LogP contribution in [0.25, 0.3) is 11.2 Å². The highest BCUT2D eigenvalue weighted by Crippen LogP contribution is 2.61. The molecule has 2 aromatic heterocycles. The van der Waals surface area contributed by atoms with Crippen LogP contribution in [0.1, 0.15) is 143 Å². The van der Waals surface area contributed by atoms with Crippen LogP contribution in [0.15, 0.2) is 12.7 Å². The first-order valence-electron chi connectivity index (χ1n) is 23.7. The fourth-order valence-electron chi connectivity index (χ4n) is 7.40. The van der Waals surface area contributed by atoms with Crippen LogP contribution in [0.4, 0.5) is 5.82 Å². The minimum atomic E-state index is -5.59. The molecule has 1 saturated heterocycles. The summed E-state index contributed by atoms with van der Waals surface area (Å²) in [6, 6.07) is 0. The van der Waals surface area contributed by atoms with Crippen molar-refractivity contribution in [2.75, 3.05) is 37.8 Å². The second-order valence-electron chi connectivity index (χ2n) is 17.9. The average molecular weight is 1080 g/mol. The number of hydrogen-bond acceptors (Lipinski definition) is 19. The van der Waals surface area contributed by atoms with Gasteiger partial charge in [-0.05, 0) is 6.42 Å². The first-order valence-corrected chi connectivity index (χ1v) is 29.2. The van der Waals surface area contributed by atoms with E-state index in [1.165, 1.54) is 90.9 Å². The minimum absolute atomic E-state index is 0.0269. The van der Waals surface area contributed by atoms with Crippen molar-refractivity contribution in [1.29, 1.82) is 0 Å². The van der Waals surface area contributed by atoms with Gasteiger partial charge in [0.1, 0.15) is 36.3 Å². The number of nitrogens with one attached hydrogen (secondary N) is 2. The number of unbranched alkanes of at least 4 members (excludes halogenated alkanes) is 14. The molecule has 0 radical (unpaired) electrons. The quantitative estimate of drug-likeness (QED) is 0.0324. The largest absolute Gasteiger partial charge is 0.481 e. The number of thioether (sulfide) groups is 1. The zero-order valence-corrected chi connectivity index (χ0v) is 43.6. The zero-order valence-electron chi connectivity index (χ0n) is 40.1. The number of amides is 2. The number of fused-ring (bicyclic) bond motifs is 1. The number of rotatable bonds is 37. The number of anilines is 1. The lowest BCUT2D eigenvalue weighted by Gasteiger charge is -2.30. The summed E-state index contributed by atoms with van der Waals surface area (Å²) in [5.41, 5.74) is 4.26. The summed E-state index contributed by atoms with van der Waals surface area (Å²) in [6.45, 7) is 2.65. The molecule has 25 nitrogen and oxygen atoms in total. The lowest BCUT2D eigenvalue weighted by Crippen LogP contribution is -2.46. The molecule has 1 fully saturated rings. The maximum absolute atomic E-state index is 12.8.